The molecule has 0 saturated heterocycles. The van der Waals surface area contributed by atoms with Gasteiger partial charge in [-0.25, -0.2) is 0 Å². The van der Waals surface area contributed by atoms with Gasteiger partial charge in [0.25, 0.3) is 0 Å². The molecule has 0 spiro atoms. The number of H-pyrrole nitrogens is 1. The number of hydrogen-bond donors (Lipinski definition) is 1. The molecule has 0 atom stereocenters. The number of nitrogens with one attached hydrogen (secondary N) is 1. The zero-order chi connectivity index (χ0) is 8.97. The van der Waals surface area contributed by atoms with Gasteiger partial charge >= 0.3 is 5.97 Å². The number of esters is 1. The second kappa shape index (κ2) is 4.37. The van der Waals surface area contributed by atoms with Gasteiger partial charge in [0.05, 0.1) is 5.38 Å². The molecule has 0 saturated carbocycles. The van der Waals surface area contributed by atoms with Crippen LogP contribution in [0.3, 0.4) is 0 Å². The molecule has 3 nitrogen and oxygen atoms in total. The third-order valence-corrected chi connectivity index (χ3v) is 2.21. The smallest absolute Gasteiger partial charge is 0.312 e. The van der Waals surface area contributed by atoms with Crippen molar-refractivity contribution in [3.05, 3.63) is 9.33 Å². The number of ether oxygens (including phenoxy) is 1. The third-order valence-electron chi connectivity index (χ3n) is 1.18. The summed E-state index contributed by atoms with van der Waals surface area (Å²) in [5.41, 5.74) is 0. The Bertz CT molecular complexity index is 315. The largest absolute Gasteiger partial charge is 0.409 e. The summed E-state index contributed by atoms with van der Waals surface area (Å²) in [6.07, 6.45) is 1.24. The van der Waals surface area contributed by atoms with Crippen LogP contribution in [0.15, 0.2) is 5.38 Å². The summed E-state index contributed by atoms with van der Waals surface area (Å²) in [5, 5.41) is 1.69. The number of aromatic amines is 1. The van der Waals surface area contributed by atoms with Crippen LogP contribution in [0.25, 0.3) is 0 Å². The maximum absolute atomic E-state index is 11.0. The molecule has 0 unspecified atom stereocenters. The van der Waals surface area contributed by atoms with E-state index in [0.29, 0.717) is 16.3 Å². The van der Waals surface area contributed by atoms with Gasteiger partial charge < -0.3 is 9.72 Å². The van der Waals surface area contributed by atoms with Crippen molar-refractivity contribution in [3.8, 4) is 5.88 Å². The van der Waals surface area contributed by atoms with Crippen molar-refractivity contribution >= 4 is 29.5 Å². The Hall–Kier alpha value is -0.680. The first-order valence-corrected chi connectivity index (χ1v) is 4.89. The fourth-order valence-corrected chi connectivity index (χ4v) is 1.42. The molecule has 0 radical (unpaired) electrons. The Morgan fingerprint density at radius 3 is 3.08 bits per heavy atom. The predicted molar refractivity (Wildman–Crippen MR) is 50.0 cm³/mol. The zero-order valence-electron chi connectivity index (χ0n) is 6.62. The lowest BCUT2D eigenvalue weighted by Crippen LogP contribution is -2.06. The number of aromatic nitrogens is 1. The van der Waals surface area contributed by atoms with Gasteiger partial charge in [0, 0.05) is 6.42 Å². The molecule has 0 aliphatic rings. The normalized spacial score (nSPS) is 9.75. The van der Waals surface area contributed by atoms with E-state index in [4.69, 9.17) is 17.0 Å². The van der Waals surface area contributed by atoms with Gasteiger partial charge in [0.1, 0.15) is 0 Å². The fourth-order valence-electron chi connectivity index (χ4n) is 0.694. The molecule has 1 rings (SSSR count). The summed E-state index contributed by atoms with van der Waals surface area (Å²) in [6.45, 7) is 1.93. The maximum Gasteiger partial charge on any atom is 0.312 e. The van der Waals surface area contributed by atoms with Gasteiger partial charge in [0.15, 0.2) is 3.95 Å². The fraction of sp³-hybridized carbons (Fsp3) is 0.429. The van der Waals surface area contributed by atoms with Gasteiger partial charge in [0.2, 0.25) is 5.88 Å². The van der Waals surface area contributed by atoms with Crippen LogP contribution in [0.5, 0.6) is 5.88 Å². The van der Waals surface area contributed by atoms with Crippen LogP contribution >= 0.6 is 23.6 Å². The van der Waals surface area contributed by atoms with Crippen molar-refractivity contribution in [2.24, 2.45) is 0 Å². The van der Waals surface area contributed by atoms with Crippen LogP contribution < -0.4 is 4.74 Å². The van der Waals surface area contributed by atoms with Crippen LogP contribution in [-0.2, 0) is 4.79 Å². The number of hydrogen-bond acceptors (Lipinski definition) is 4. The quantitative estimate of drug-likeness (QED) is 0.606. The lowest BCUT2D eigenvalue weighted by molar-refractivity contribution is -0.134. The van der Waals surface area contributed by atoms with E-state index in [1.807, 2.05) is 6.92 Å². The molecule has 0 bridgehead atoms. The van der Waals surface area contributed by atoms with Crippen LogP contribution in [0.2, 0.25) is 0 Å². The monoisotopic (exact) mass is 203 g/mol. The predicted octanol–water partition coefficient (Wildman–Crippen LogP) is 2.51. The molecule has 0 fully saturated rings. The van der Waals surface area contributed by atoms with E-state index in [0.717, 1.165) is 6.42 Å². The lowest BCUT2D eigenvalue weighted by atomic mass is 10.3. The van der Waals surface area contributed by atoms with Crippen molar-refractivity contribution in [3.63, 3.8) is 0 Å². The Balaban J connectivity index is 2.52. The second-order valence-corrected chi connectivity index (χ2v) is 3.78. The molecule has 66 valence electrons. The molecule has 0 aliphatic carbocycles. The highest BCUT2D eigenvalue weighted by atomic mass is 32.1. The minimum Gasteiger partial charge on any atom is -0.409 e. The highest BCUT2D eigenvalue weighted by Crippen LogP contribution is 2.12. The lowest BCUT2D eigenvalue weighted by Gasteiger charge is -1.97. The van der Waals surface area contributed by atoms with E-state index in [9.17, 15) is 4.79 Å². The average Bonchev–Trinajstić information content (AvgIpc) is 2.36. The summed E-state index contributed by atoms with van der Waals surface area (Å²) in [5.74, 6) is 0.227. The molecule has 1 N–H and O–H groups in total. The molecule has 0 amide bonds. The summed E-state index contributed by atoms with van der Waals surface area (Å²) in [6, 6.07) is 0. The molecule has 0 aliphatic heterocycles. The van der Waals surface area contributed by atoms with Crippen molar-refractivity contribution in [2.45, 2.75) is 19.8 Å². The molecule has 0 aromatic carbocycles. The maximum atomic E-state index is 11.0. The van der Waals surface area contributed by atoms with Gasteiger partial charge in [-0.3, -0.25) is 4.79 Å². The minimum absolute atomic E-state index is 0.221. The molecule has 1 aromatic rings. The molecule has 1 heterocycles. The Morgan fingerprint density at radius 1 is 1.83 bits per heavy atom. The van der Waals surface area contributed by atoms with E-state index in [1.165, 1.54) is 11.3 Å². The molecular weight excluding hydrogens is 194 g/mol. The van der Waals surface area contributed by atoms with Crippen LogP contribution in [0, 0.1) is 3.95 Å². The summed E-state index contributed by atoms with van der Waals surface area (Å²) in [7, 11) is 0. The average molecular weight is 203 g/mol. The number of thiazole rings is 1. The highest BCUT2D eigenvalue weighted by Gasteiger charge is 2.03. The number of rotatable bonds is 3. The third kappa shape index (κ3) is 2.75. The molecule has 12 heavy (non-hydrogen) atoms. The van der Waals surface area contributed by atoms with E-state index >= 15 is 0 Å². The van der Waals surface area contributed by atoms with Crippen LogP contribution in [0.1, 0.15) is 19.8 Å². The SMILES string of the molecule is CCCC(=O)Oc1csc(=S)[nH]1. The van der Waals surface area contributed by atoms with Gasteiger partial charge in [-0.15, -0.1) is 11.3 Å². The standard InChI is InChI=1S/C7H9NO2S2/c1-2-3-6(9)10-5-4-12-7(11)8-5/h4H,2-3H2,1H3,(H,8,11). The second-order valence-electron chi connectivity index (χ2n) is 2.24. The Morgan fingerprint density at radius 2 is 2.58 bits per heavy atom. The van der Waals surface area contributed by atoms with Crippen molar-refractivity contribution in [1.29, 1.82) is 0 Å². The van der Waals surface area contributed by atoms with Crippen molar-refractivity contribution in [2.75, 3.05) is 0 Å². The van der Waals surface area contributed by atoms with E-state index in [-0.39, 0.29) is 5.97 Å². The summed E-state index contributed by atoms with van der Waals surface area (Å²) >= 11 is 6.17. The van der Waals surface area contributed by atoms with Gasteiger partial charge in [-0.1, -0.05) is 6.92 Å². The summed E-state index contributed by atoms with van der Waals surface area (Å²) in [4.78, 5) is 13.7. The Kier molecular flexibility index (Phi) is 3.43. The van der Waals surface area contributed by atoms with Crippen molar-refractivity contribution in [1.82, 2.24) is 4.98 Å². The molecule has 5 heteroatoms. The molecular formula is C7H9NO2S2. The number of carbonyl (C=O) groups is 1. The van der Waals surface area contributed by atoms with E-state index < -0.39 is 0 Å². The van der Waals surface area contributed by atoms with Gasteiger partial charge in [-0.2, -0.15) is 0 Å². The topological polar surface area (TPSA) is 42.1 Å². The van der Waals surface area contributed by atoms with Crippen molar-refractivity contribution < 1.29 is 9.53 Å². The number of carbonyl (C=O) groups excluding carboxylic acids is 1. The summed E-state index contributed by atoms with van der Waals surface area (Å²) < 4.78 is 5.54. The first-order chi connectivity index (χ1) is 5.72. The minimum atomic E-state index is -0.221. The highest BCUT2D eigenvalue weighted by molar-refractivity contribution is 7.73. The van der Waals surface area contributed by atoms with E-state index in [2.05, 4.69) is 4.98 Å². The van der Waals surface area contributed by atoms with Crippen LogP contribution in [-0.4, -0.2) is 11.0 Å². The van der Waals surface area contributed by atoms with Crippen LogP contribution in [0.4, 0.5) is 0 Å². The van der Waals surface area contributed by atoms with E-state index in [1.54, 1.807) is 5.38 Å². The Labute approximate surface area is 79.4 Å². The van der Waals surface area contributed by atoms with Gasteiger partial charge in [-0.05, 0) is 18.6 Å². The first-order valence-electron chi connectivity index (χ1n) is 3.61. The molecule has 1 aromatic heterocycles. The zero-order valence-corrected chi connectivity index (χ0v) is 8.26. The first kappa shape index (κ1) is 9.41.